The third kappa shape index (κ3) is 1.06. The smallest absolute Gasteiger partial charge is 0.0988 e. The summed E-state index contributed by atoms with van der Waals surface area (Å²) in [7, 11) is 0. The molecule has 2 aromatic heterocycles. The molecule has 2 aromatic rings. The Labute approximate surface area is 76.4 Å². The molecule has 0 bridgehead atoms. The molecule has 0 N–H and O–H groups in total. The maximum absolute atomic E-state index is 4.21. The van der Waals surface area contributed by atoms with Gasteiger partial charge < -0.3 is 0 Å². The normalized spacial score (nSPS) is 10.7. The van der Waals surface area contributed by atoms with Gasteiger partial charge in [-0.1, -0.05) is 0 Å². The van der Waals surface area contributed by atoms with Crippen LogP contribution in [0.3, 0.4) is 0 Å². The topological polar surface area (TPSA) is 25.8 Å². The van der Waals surface area contributed by atoms with E-state index < -0.39 is 0 Å². The van der Waals surface area contributed by atoms with Gasteiger partial charge in [0, 0.05) is 6.20 Å². The number of aromatic nitrogens is 2. The van der Waals surface area contributed by atoms with Gasteiger partial charge in [-0.25, -0.2) is 4.98 Å². The Balaban J connectivity index is 2.96. The maximum Gasteiger partial charge on any atom is 0.0988 e. The highest BCUT2D eigenvalue weighted by molar-refractivity contribution is 9.10. The molecule has 2 heterocycles. The summed E-state index contributed by atoms with van der Waals surface area (Å²) in [5.74, 6) is 0. The van der Waals surface area contributed by atoms with E-state index in [2.05, 4.69) is 25.9 Å². The maximum atomic E-state index is 4.21. The van der Waals surface area contributed by atoms with Gasteiger partial charge in [0.1, 0.15) is 0 Å². The third-order valence-electron chi connectivity index (χ3n) is 1.49. The molecule has 0 atom stereocenters. The molecule has 0 saturated heterocycles. The molecule has 0 aliphatic carbocycles. The van der Waals surface area contributed by atoms with E-state index in [0.29, 0.717) is 0 Å². The fourth-order valence-corrected chi connectivity index (χ4v) is 2.24. The van der Waals surface area contributed by atoms with Crippen LogP contribution in [-0.4, -0.2) is 9.97 Å². The van der Waals surface area contributed by atoms with Gasteiger partial charge in [-0.3, -0.25) is 4.98 Å². The number of nitrogens with zero attached hydrogens (tertiary/aromatic N) is 2. The minimum atomic E-state index is 0.972. The van der Waals surface area contributed by atoms with Crippen molar-refractivity contribution in [3.05, 3.63) is 21.9 Å². The first-order valence-electron chi connectivity index (χ1n) is 3.13. The number of halogens is 1. The lowest BCUT2D eigenvalue weighted by Gasteiger charge is -1.94. The second kappa shape index (κ2) is 2.53. The SMILES string of the molecule is Cc1ncc(Br)c2ncsc12. The van der Waals surface area contributed by atoms with E-state index >= 15 is 0 Å². The molecule has 0 unspecified atom stereocenters. The van der Waals surface area contributed by atoms with Crippen molar-refractivity contribution in [2.45, 2.75) is 6.92 Å². The quantitative estimate of drug-likeness (QED) is 0.694. The first kappa shape index (κ1) is 7.18. The van der Waals surface area contributed by atoms with Gasteiger partial charge in [0.25, 0.3) is 0 Å². The van der Waals surface area contributed by atoms with Crippen LogP contribution in [0.15, 0.2) is 16.2 Å². The van der Waals surface area contributed by atoms with E-state index in [1.54, 1.807) is 17.5 Å². The van der Waals surface area contributed by atoms with Crippen molar-refractivity contribution in [2.24, 2.45) is 0 Å². The highest BCUT2D eigenvalue weighted by atomic mass is 79.9. The molecule has 0 spiro atoms. The summed E-state index contributed by atoms with van der Waals surface area (Å²) in [4.78, 5) is 8.41. The second-order valence-corrected chi connectivity index (χ2v) is 3.93. The Morgan fingerprint density at radius 2 is 2.27 bits per heavy atom. The Morgan fingerprint density at radius 1 is 1.45 bits per heavy atom. The van der Waals surface area contributed by atoms with Gasteiger partial charge in [0.2, 0.25) is 0 Å². The summed E-state index contributed by atoms with van der Waals surface area (Å²) in [6, 6.07) is 0. The molecule has 56 valence electrons. The molecule has 0 aliphatic rings. The number of hydrogen-bond donors (Lipinski definition) is 0. The van der Waals surface area contributed by atoms with Gasteiger partial charge >= 0.3 is 0 Å². The van der Waals surface area contributed by atoms with Crippen LogP contribution in [0.5, 0.6) is 0 Å². The zero-order valence-corrected chi connectivity index (χ0v) is 8.24. The van der Waals surface area contributed by atoms with Gasteiger partial charge in [-0.05, 0) is 22.9 Å². The van der Waals surface area contributed by atoms with Crippen LogP contribution < -0.4 is 0 Å². The minimum absolute atomic E-state index is 0.972. The largest absolute Gasteiger partial charge is 0.259 e. The first-order valence-corrected chi connectivity index (χ1v) is 4.80. The number of rotatable bonds is 0. The fourth-order valence-electron chi connectivity index (χ4n) is 0.946. The van der Waals surface area contributed by atoms with Crippen LogP contribution in [0.1, 0.15) is 5.69 Å². The molecule has 11 heavy (non-hydrogen) atoms. The van der Waals surface area contributed by atoms with E-state index in [1.165, 1.54) is 4.70 Å². The predicted molar refractivity (Wildman–Crippen MR) is 49.9 cm³/mol. The summed E-state index contributed by atoms with van der Waals surface area (Å²) in [5, 5.41) is 0. The number of fused-ring (bicyclic) bond motifs is 1. The summed E-state index contributed by atoms with van der Waals surface area (Å²) in [6.45, 7) is 1.99. The number of pyridine rings is 1. The lowest BCUT2D eigenvalue weighted by atomic mass is 10.3. The Bertz CT molecular complexity index is 360. The molecule has 0 radical (unpaired) electrons. The summed E-state index contributed by atoms with van der Waals surface area (Å²) in [5.41, 5.74) is 3.90. The number of hydrogen-bond acceptors (Lipinski definition) is 3. The van der Waals surface area contributed by atoms with Crippen molar-refractivity contribution in [2.75, 3.05) is 0 Å². The molecule has 2 nitrogen and oxygen atoms in total. The molecular formula is C7H5BrN2S. The third-order valence-corrected chi connectivity index (χ3v) is 3.01. The van der Waals surface area contributed by atoms with Crippen molar-refractivity contribution in [1.82, 2.24) is 9.97 Å². The van der Waals surface area contributed by atoms with Crippen LogP contribution in [0, 0.1) is 6.92 Å². The number of thiazole rings is 1. The molecular weight excluding hydrogens is 224 g/mol. The van der Waals surface area contributed by atoms with Crippen molar-refractivity contribution in [3.63, 3.8) is 0 Å². The Hall–Kier alpha value is -0.480. The van der Waals surface area contributed by atoms with Gasteiger partial charge in [0.05, 0.1) is 25.9 Å². The van der Waals surface area contributed by atoms with Crippen LogP contribution in [-0.2, 0) is 0 Å². The summed E-state index contributed by atoms with van der Waals surface area (Å²) >= 11 is 5.02. The van der Waals surface area contributed by atoms with E-state index in [-0.39, 0.29) is 0 Å². The number of aryl methyl sites for hydroxylation is 1. The van der Waals surface area contributed by atoms with E-state index in [1.807, 2.05) is 12.4 Å². The van der Waals surface area contributed by atoms with Gasteiger partial charge in [-0.15, -0.1) is 11.3 Å². The van der Waals surface area contributed by atoms with Crippen molar-refractivity contribution < 1.29 is 0 Å². The summed E-state index contributed by atoms with van der Waals surface area (Å²) < 4.78 is 2.14. The lowest BCUT2D eigenvalue weighted by molar-refractivity contribution is 1.23. The molecule has 0 saturated carbocycles. The fraction of sp³-hybridized carbons (Fsp3) is 0.143. The molecule has 4 heteroatoms. The highest BCUT2D eigenvalue weighted by Crippen LogP contribution is 2.26. The Kier molecular flexibility index (Phi) is 1.65. The molecule has 0 aliphatic heterocycles. The van der Waals surface area contributed by atoms with Gasteiger partial charge in [-0.2, -0.15) is 0 Å². The van der Waals surface area contributed by atoms with Crippen molar-refractivity contribution in [3.8, 4) is 0 Å². The van der Waals surface area contributed by atoms with Gasteiger partial charge in [0.15, 0.2) is 0 Å². The van der Waals surface area contributed by atoms with Crippen molar-refractivity contribution >= 4 is 37.5 Å². The first-order chi connectivity index (χ1) is 5.29. The zero-order chi connectivity index (χ0) is 7.84. The zero-order valence-electron chi connectivity index (χ0n) is 5.84. The highest BCUT2D eigenvalue weighted by Gasteiger charge is 2.03. The average molecular weight is 229 g/mol. The molecule has 0 amide bonds. The monoisotopic (exact) mass is 228 g/mol. The van der Waals surface area contributed by atoms with Crippen LogP contribution >= 0.6 is 27.3 Å². The van der Waals surface area contributed by atoms with E-state index in [9.17, 15) is 0 Å². The Morgan fingerprint density at radius 3 is 3.00 bits per heavy atom. The average Bonchev–Trinajstić information content (AvgIpc) is 2.45. The lowest BCUT2D eigenvalue weighted by Crippen LogP contribution is -1.80. The molecule has 0 fully saturated rings. The minimum Gasteiger partial charge on any atom is -0.259 e. The second-order valence-electron chi connectivity index (χ2n) is 2.22. The van der Waals surface area contributed by atoms with E-state index in [0.717, 1.165) is 15.7 Å². The standard InChI is InChI=1S/C7H5BrN2S/c1-4-7-6(10-3-11-7)5(8)2-9-4/h2-3H,1H3. The van der Waals surface area contributed by atoms with Crippen LogP contribution in [0.4, 0.5) is 0 Å². The van der Waals surface area contributed by atoms with Crippen molar-refractivity contribution in [1.29, 1.82) is 0 Å². The van der Waals surface area contributed by atoms with Crippen LogP contribution in [0.25, 0.3) is 10.2 Å². The van der Waals surface area contributed by atoms with E-state index in [4.69, 9.17) is 0 Å². The predicted octanol–water partition coefficient (Wildman–Crippen LogP) is 2.76. The molecule has 0 aromatic carbocycles. The molecule has 2 rings (SSSR count). The summed E-state index contributed by atoms with van der Waals surface area (Å²) in [6.07, 6.45) is 1.79. The van der Waals surface area contributed by atoms with Crippen LogP contribution in [0.2, 0.25) is 0 Å².